The average Bonchev–Trinajstić information content (AvgIpc) is 3.37. The average molecular weight is 434 g/mol. The molecule has 0 saturated carbocycles. The first-order valence-corrected chi connectivity index (χ1v) is 11.3. The number of likely N-dealkylation sites (N-methyl/N-ethyl adjacent to an activating group) is 1. The van der Waals surface area contributed by atoms with E-state index in [2.05, 4.69) is 17.2 Å². The van der Waals surface area contributed by atoms with Crippen LogP contribution in [0.3, 0.4) is 0 Å². The van der Waals surface area contributed by atoms with Crippen LogP contribution in [0.5, 0.6) is 11.5 Å². The monoisotopic (exact) mass is 433 g/mol. The first-order valence-electron chi connectivity index (χ1n) is 11.3. The largest absolute Gasteiger partial charge is 0.493 e. The molecule has 4 rings (SSSR count). The van der Waals surface area contributed by atoms with Gasteiger partial charge in [-0.2, -0.15) is 0 Å². The maximum absolute atomic E-state index is 12.3. The van der Waals surface area contributed by atoms with Crippen LogP contribution in [-0.4, -0.2) is 47.2 Å². The second-order valence-corrected chi connectivity index (χ2v) is 8.12. The fraction of sp³-hybridized carbons (Fsp3) is 0.385. The third-order valence-corrected chi connectivity index (χ3v) is 6.04. The third kappa shape index (κ3) is 4.49. The lowest BCUT2D eigenvalue weighted by molar-refractivity contribution is -0.127. The van der Waals surface area contributed by atoms with E-state index in [9.17, 15) is 4.79 Å². The van der Waals surface area contributed by atoms with Crippen molar-refractivity contribution in [1.82, 2.24) is 14.5 Å². The van der Waals surface area contributed by atoms with E-state index in [0.29, 0.717) is 13.0 Å². The molecular weight excluding hydrogens is 402 g/mol. The van der Waals surface area contributed by atoms with Crippen molar-refractivity contribution in [1.29, 1.82) is 0 Å². The summed E-state index contributed by atoms with van der Waals surface area (Å²) in [5.41, 5.74) is 3.23. The molecule has 0 spiro atoms. The number of carbonyl (C=O) groups is 1. The SMILES string of the molecule is C=CCc1ccc(OCCCn2c(C3CC(=O)N(CC)C3)nc3ccccc32)c(OC)c1. The van der Waals surface area contributed by atoms with Crippen molar-refractivity contribution in [3.05, 3.63) is 66.5 Å². The number of hydrogen-bond donors (Lipinski definition) is 0. The Morgan fingerprint density at radius 1 is 1.22 bits per heavy atom. The molecule has 6 nitrogen and oxygen atoms in total. The number of likely N-dealkylation sites (tertiary alicyclic amines) is 1. The Labute approximate surface area is 189 Å². The lowest BCUT2D eigenvalue weighted by atomic mass is 10.1. The van der Waals surface area contributed by atoms with Gasteiger partial charge < -0.3 is 18.9 Å². The maximum Gasteiger partial charge on any atom is 0.223 e. The van der Waals surface area contributed by atoms with Crippen molar-refractivity contribution in [3.8, 4) is 11.5 Å². The first kappa shape index (κ1) is 21.9. The predicted octanol–water partition coefficient (Wildman–Crippen LogP) is 4.58. The highest BCUT2D eigenvalue weighted by atomic mass is 16.5. The van der Waals surface area contributed by atoms with Gasteiger partial charge in [-0.3, -0.25) is 4.79 Å². The van der Waals surface area contributed by atoms with E-state index >= 15 is 0 Å². The molecule has 1 atom stereocenters. The maximum atomic E-state index is 12.3. The first-order chi connectivity index (χ1) is 15.6. The van der Waals surface area contributed by atoms with Gasteiger partial charge in [0.1, 0.15) is 5.82 Å². The van der Waals surface area contributed by atoms with Gasteiger partial charge in [0.25, 0.3) is 0 Å². The number of fused-ring (bicyclic) bond motifs is 1. The fourth-order valence-corrected chi connectivity index (χ4v) is 4.42. The van der Waals surface area contributed by atoms with Crippen LogP contribution >= 0.6 is 0 Å². The van der Waals surface area contributed by atoms with Crippen LogP contribution in [0.4, 0.5) is 0 Å². The fourth-order valence-electron chi connectivity index (χ4n) is 4.42. The number of methoxy groups -OCH3 is 1. The lowest BCUT2D eigenvalue weighted by Crippen LogP contribution is -2.24. The summed E-state index contributed by atoms with van der Waals surface area (Å²) in [6, 6.07) is 14.2. The molecule has 32 heavy (non-hydrogen) atoms. The second-order valence-electron chi connectivity index (χ2n) is 8.12. The standard InChI is InChI=1S/C26H31N3O3/c1-4-9-19-12-13-23(24(16-19)31-3)32-15-8-14-29-22-11-7-6-10-21(22)27-26(29)20-17-25(30)28(5-2)18-20/h4,6-7,10-13,16,20H,1,5,8-9,14-15,17-18H2,2-3H3. The van der Waals surface area contributed by atoms with E-state index in [1.54, 1.807) is 7.11 Å². The number of rotatable bonds is 10. The molecule has 2 aromatic carbocycles. The molecule has 1 aliphatic heterocycles. The van der Waals surface area contributed by atoms with Gasteiger partial charge in [-0.05, 0) is 49.6 Å². The molecule has 0 radical (unpaired) electrons. The number of hydrogen-bond acceptors (Lipinski definition) is 4. The van der Waals surface area contributed by atoms with Gasteiger partial charge in [0.2, 0.25) is 5.91 Å². The molecule has 1 fully saturated rings. The van der Waals surface area contributed by atoms with Crippen LogP contribution in [0.25, 0.3) is 11.0 Å². The number of para-hydroxylation sites is 2. The van der Waals surface area contributed by atoms with Crippen LogP contribution in [-0.2, 0) is 17.8 Å². The minimum absolute atomic E-state index is 0.133. The Balaban J connectivity index is 1.47. The zero-order valence-electron chi connectivity index (χ0n) is 18.9. The van der Waals surface area contributed by atoms with Gasteiger partial charge in [-0.1, -0.05) is 24.3 Å². The molecule has 1 aromatic heterocycles. The van der Waals surface area contributed by atoms with Crippen molar-refractivity contribution in [2.75, 3.05) is 26.8 Å². The van der Waals surface area contributed by atoms with Crippen LogP contribution < -0.4 is 9.47 Å². The highest BCUT2D eigenvalue weighted by Crippen LogP contribution is 2.31. The summed E-state index contributed by atoms with van der Waals surface area (Å²) in [4.78, 5) is 19.1. The summed E-state index contributed by atoms with van der Waals surface area (Å²) >= 11 is 0. The summed E-state index contributed by atoms with van der Waals surface area (Å²) in [6.07, 6.45) is 4.03. The summed E-state index contributed by atoms with van der Waals surface area (Å²) in [6.45, 7) is 8.65. The number of ether oxygens (including phenoxy) is 2. The Kier molecular flexibility index (Phi) is 6.78. The molecule has 0 aliphatic carbocycles. The Bertz CT molecular complexity index is 1100. The van der Waals surface area contributed by atoms with Crippen LogP contribution in [0.15, 0.2) is 55.1 Å². The van der Waals surface area contributed by atoms with Crippen molar-refractivity contribution in [2.24, 2.45) is 0 Å². The molecule has 3 aromatic rings. The van der Waals surface area contributed by atoms with Crippen molar-refractivity contribution in [3.63, 3.8) is 0 Å². The molecule has 1 amide bonds. The number of amides is 1. The molecule has 1 aliphatic rings. The Morgan fingerprint density at radius 2 is 2.06 bits per heavy atom. The lowest BCUT2D eigenvalue weighted by Gasteiger charge is -2.16. The van der Waals surface area contributed by atoms with Gasteiger partial charge in [0.05, 0.1) is 24.8 Å². The van der Waals surface area contributed by atoms with Crippen LogP contribution in [0.2, 0.25) is 0 Å². The number of aryl methyl sites for hydroxylation is 1. The number of aromatic nitrogens is 2. The van der Waals surface area contributed by atoms with Crippen molar-refractivity contribution in [2.45, 2.75) is 38.6 Å². The van der Waals surface area contributed by atoms with Gasteiger partial charge in [-0.15, -0.1) is 6.58 Å². The molecule has 2 heterocycles. The number of carbonyl (C=O) groups excluding carboxylic acids is 1. The number of imidazole rings is 1. The van der Waals surface area contributed by atoms with E-state index in [4.69, 9.17) is 14.5 Å². The summed E-state index contributed by atoms with van der Waals surface area (Å²) < 4.78 is 13.8. The molecule has 0 N–H and O–H groups in total. The zero-order valence-corrected chi connectivity index (χ0v) is 18.9. The highest BCUT2D eigenvalue weighted by molar-refractivity contribution is 5.80. The van der Waals surface area contributed by atoms with Crippen LogP contribution in [0.1, 0.15) is 37.1 Å². The number of allylic oxidation sites excluding steroid dienone is 1. The second kappa shape index (κ2) is 9.90. The molecule has 1 unspecified atom stereocenters. The van der Waals surface area contributed by atoms with Crippen molar-refractivity contribution < 1.29 is 14.3 Å². The Hall–Kier alpha value is -3.28. The predicted molar refractivity (Wildman–Crippen MR) is 126 cm³/mol. The number of nitrogens with zero attached hydrogens (tertiary/aromatic N) is 3. The quantitative estimate of drug-likeness (QED) is 0.347. The molecule has 168 valence electrons. The number of benzene rings is 2. The Morgan fingerprint density at radius 3 is 2.81 bits per heavy atom. The molecule has 6 heteroatoms. The van der Waals surface area contributed by atoms with E-state index in [1.807, 2.05) is 54.3 Å². The van der Waals surface area contributed by atoms with Crippen LogP contribution in [0, 0.1) is 0 Å². The summed E-state index contributed by atoms with van der Waals surface area (Å²) in [5.74, 6) is 2.83. The zero-order chi connectivity index (χ0) is 22.5. The van der Waals surface area contributed by atoms with Gasteiger partial charge in [0, 0.05) is 32.0 Å². The normalized spacial score (nSPS) is 16.0. The van der Waals surface area contributed by atoms with E-state index in [-0.39, 0.29) is 11.8 Å². The minimum Gasteiger partial charge on any atom is -0.493 e. The summed E-state index contributed by atoms with van der Waals surface area (Å²) in [7, 11) is 1.66. The molecule has 1 saturated heterocycles. The van der Waals surface area contributed by atoms with Crippen molar-refractivity contribution >= 4 is 16.9 Å². The van der Waals surface area contributed by atoms with Gasteiger partial charge in [-0.25, -0.2) is 4.98 Å². The van der Waals surface area contributed by atoms with Gasteiger partial charge >= 0.3 is 0 Å². The smallest absolute Gasteiger partial charge is 0.223 e. The third-order valence-electron chi connectivity index (χ3n) is 6.04. The molecule has 0 bridgehead atoms. The van der Waals surface area contributed by atoms with E-state index in [1.165, 1.54) is 0 Å². The minimum atomic E-state index is 0.133. The van der Waals surface area contributed by atoms with E-state index < -0.39 is 0 Å². The topological polar surface area (TPSA) is 56.6 Å². The van der Waals surface area contributed by atoms with E-state index in [0.717, 1.165) is 66.4 Å². The summed E-state index contributed by atoms with van der Waals surface area (Å²) in [5, 5.41) is 0. The molecular formula is C26H31N3O3. The highest BCUT2D eigenvalue weighted by Gasteiger charge is 2.33. The van der Waals surface area contributed by atoms with Gasteiger partial charge in [0.15, 0.2) is 11.5 Å².